The van der Waals surface area contributed by atoms with Crippen LogP contribution in [0.25, 0.3) is 10.2 Å². The highest BCUT2D eigenvalue weighted by Crippen LogP contribution is 2.30. The van der Waals surface area contributed by atoms with Crippen LogP contribution in [0.4, 0.5) is 5.13 Å². The first-order valence-corrected chi connectivity index (χ1v) is 10.3. The third-order valence-corrected chi connectivity index (χ3v) is 5.95. The Hall–Kier alpha value is -2.15. The Morgan fingerprint density at radius 1 is 1.19 bits per heavy atom. The number of para-hydroxylation sites is 1. The second-order valence-electron chi connectivity index (χ2n) is 6.85. The van der Waals surface area contributed by atoms with Gasteiger partial charge in [-0.15, -0.1) is 0 Å². The van der Waals surface area contributed by atoms with Crippen LogP contribution in [0, 0.1) is 0 Å². The van der Waals surface area contributed by atoms with Crippen molar-refractivity contribution in [1.82, 2.24) is 10.3 Å². The van der Waals surface area contributed by atoms with Gasteiger partial charge in [-0.3, -0.25) is 0 Å². The minimum Gasteiger partial charge on any atom is -0.491 e. The lowest BCUT2D eigenvalue weighted by Gasteiger charge is -2.33. The molecule has 0 spiro atoms. The maximum atomic E-state index is 8.81. The Kier molecular flexibility index (Phi) is 5.87. The minimum atomic E-state index is 0.0378. The highest BCUT2D eigenvalue weighted by Gasteiger charge is 2.22. The zero-order chi connectivity index (χ0) is 18.5. The largest absolute Gasteiger partial charge is 0.491 e. The molecule has 4 rings (SSSR count). The average molecular weight is 384 g/mol. The number of hydrogen-bond donors (Lipinski definition) is 2. The number of nitrogens with zero attached hydrogens (tertiary/aromatic N) is 2. The molecule has 6 heteroatoms. The number of aromatic nitrogens is 1. The molecular weight excluding hydrogens is 358 g/mol. The van der Waals surface area contributed by atoms with Gasteiger partial charge in [0.2, 0.25) is 0 Å². The molecule has 0 radical (unpaired) electrons. The predicted molar refractivity (Wildman–Crippen MR) is 111 cm³/mol. The third-order valence-electron chi connectivity index (χ3n) is 4.85. The summed E-state index contributed by atoms with van der Waals surface area (Å²) in [5.41, 5.74) is 2.33. The van der Waals surface area contributed by atoms with E-state index < -0.39 is 0 Å². The molecule has 2 aromatic carbocycles. The standard InChI is InChI=1S/C21H25N3O2S/c25-12-13-26-18-9-7-16(8-10-18)14-22-17-4-3-11-24(15-17)21-23-19-5-1-2-6-20(19)27-21/h1-2,5-10,17,22,25H,3-4,11-15H2/t17-/m0/s1. The first-order chi connectivity index (χ1) is 13.3. The van der Waals surface area contributed by atoms with E-state index in [0.717, 1.165) is 36.0 Å². The Bertz CT molecular complexity index is 832. The molecular formula is C21H25N3O2S. The summed E-state index contributed by atoms with van der Waals surface area (Å²) < 4.78 is 6.67. The molecule has 1 fully saturated rings. The molecule has 1 atom stereocenters. The van der Waals surface area contributed by atoms with E-state index in [1.807, 2.05) is 18.2 Å². The van der Waals surface area contributed by atoms with Gasteiger partial charge in [0.1, 0.15) is 12.4 Å². The summed E-state index contributed by atoms with van der Waals surface area (Å²) in [6, 6.07) is 16.9. The maximum absolute atomic E-state index is 8.81. The summed E-state index contributed by atoms with van der Waals surface area (Å²) in [5.74, 6) is 0.799. The fraction of sp³-hybridized carbons (Fsp3) is 0.381. The van der Waals surface area contributed by atoms with Crippen LogP contribution in [0.1, 0.15) is 18.4 Å². The van der Waals surface area contributed by atoms with Crippen LogP contribution in [0.2, 0.25) is 0 Å². The molecule has 0 unspecified atom stereocenters. The van der Waals surface area contributed by atoms with Crippen molar-refractivity contribution in [3.05, 3.63) is 54.1 Å². The van der Waals surface area contributed by atoms with E-state index in [0.29, 0.717) is 12.6 Å². The lowest BCUT2D eigenvalue weighted by Crippen LogP contribution is -2.45. The van der Waals surface area contributed by atoms with E-state index in [2.05, 4.69) is 40.5 Å². The van der Waals surface area contributed by atoms with E-state index in [1.165, 1.54) is 23.1 Å². The second-order valence-corrected chi connectivity index (χ2v) is 7.86. The Labute approximate surface area is 163 Å². The maximum Gasteiger partial charge on any atom is 0.186 e. The first-order valence-electron chi connectivity index (χ1n) is 9.48. The summed E-state index contributed by atoms with van der Waals surface area (Å²) in [4.78, 5) is 7.22. The molecule has 27 heavy (non-hydrogen) atoms. The van der Waals surface area contributed by atoms with Crippen molar-refractivity contribution in [1.29, 1.82) is 0 Å². The van der Waals surface area contributed by atoms with Gasteiger partial charge in [0.15, 0.2) is 5.13 Å². The molecule has 3 aromatic rings. The van der Waals surface area contributed by atoms with Crippen molar-refractivity contribution in [2.75, 3.05) is 31.2 Å². The number of fused-ring (bicyclic) bond motifs is 1. The topological polar surface area (TPSA) is 57.6 Å². The van der Waals surface area contributed by atoms with Crippen molar-refractivity contribution in [2.24, 2.45) is 0 Å². The van der Waals surface area contributed by atoms with Gasteiger partial charge in [-0.1, -0.05) is 35.6 Å². The molecule has 2 N–H and O–H groups in total. The smallest absolute Gasteiger partial charge is 0.186 e. The van der Waals surface area contributed by atoms with E-state index in [4.69, 9.17) is 14.8 Å². The van der Waals surface area contributed by atoms with Gasteiger partial charge in [-0.25, -0.2) is 4.98 Å². The van der Waals surface area contributed by atoms with Crippen molar-refractivity contribution in [3.63, 3.8) is 0 Å². The zero-order valence-electron chi connectivity index (χ0n) is 15.3. The summed E-state index contributed by atoms with van der Waals surface area (Å²) in [6.45, 7) is 3.29. The summed E-state index contributed by atoms with van der Waals surface area (Å²) >= 11 is 1.78. The minimum absolute atomic E-state index is 0.0378. The second kappa shape index (κ2) is 8.69. The van der Waals surface area contributed by atoms with Crippen molar-refractivity contribution >= 4 is 26.7 Å². The van der Waals surface area contributed by atoms with Crippen molar-refractivity contribution in [2.45, 2.75) is 25.4 Å². The molecule has 1 aliphatic heterocycles. The molecule has 0 saturated carbocycles. The van der Waals surface area contributed by atoms with Crippen LogP contribution in [0.3, 0.4) is 0 Å². The number of nitrogens with one attached hydrogen (secondary N) is 1. The molecule has 2 heterocycles. The van der Waals surface area contributed by atoms with Crippen LogP contribution >= 0.6 is 11.3 Å². The normalized spacial score (nSPS) is 17.4. The Balaban J connectivity index is 1.33. The van der Waals surface area contributed by atoms with Gasteiger partial charge in [0.25, 0.3) is 0 Å². The van der Waals surface area contributed by atoms with Gasteiger partial charge < -0.3 is 20.1 Å². The molecule has 142 valence electrons. The highest BCUT2D eigenvalue weighted by atomic mass is 32.1. The summed E-state index contributed by atoms with van der Waals surface area (Å²) in [5, 5.41) is 13.6. The number of benzene rings is 2. The van der Waals surface area contributed by atoms with Crippen LogP contribution < -0.4 is 15.0 Å². The van der Waals surface area contributed by atoms with Crippen LogP contribution in [-0.2, 0) is 6.54 Å². The number of anilines is 1. The van der Waals surface area contributed by atoms with Gasteiger partial charge in [0, 0.05) is 25.7 Å². The lowest BCUT2D eigenvalue weighted by molar-refractivity contribution is 0.201. The van der Waals surface area contributed by atoms with Crippen LogP contribution in [0.15, 0.2) is 48.5 Å². The van der Waals surface area contributed by atoms with Crippen molar-refractivity contribution in [3.8, 4) is 5.75 Å². The summed E-state index contributed by atoms with van der Waals surface area (Å²) in [6.07, 6.45) is 2.38. The predicted octanol–water partition coefficient (Wildman–Crippen LogP) is 3.43. The average Bonchev–Trinajstić information content (AvgIpc) is 3.16. The highest BCUT2D eigenvalue weighted by molar-refractivity contribution is 7.22. The van der Waals surface area contributed by atoms with E-state index >= 15 is 0 Å². The Morgan fingerprint density at radius 3 is 2.85 bits per heavy atom. The molecule has 0 amide bonds. The number of aliphatic hydroxyl groups is 1. The van der Waals surface area contributed by atoms with Gasteiger partial charge >= 0.3 is 0 Å². The fourth-order valence-corrected chi connectivity index (χ4v) is 4.44. The van der Waals surface area contributed by atoms with Crippen LogP contribution in [-0.4, -0.2) is 42.4 Å². The van der Waals surface area contributed by atoms with E-state index in [1.54, 1.807) is 11.3 Å². The number of ether oxygens (including phenoxy) is 1. The monoisotopic (exact) mass is 383 g/mol. The fourth-order valence-electron chi connectivity index (χ4n) is 3.44. The lowest BCUT2D eigenvalue weighted by atomic mass is 10.1. The quantitative estimate of drug-likeness (QED) is 0.655. The SMILES string of the molecule is OCCOc1ccc(CN[C@H]2CCCN(c3nc4ccccc4s3)C2)cc1. The van der Waals surface area contributed by atoms with Gasteiger partial charge in [-0.05, 0) is 42.7 Å². The molecule has 1 aliphatic rings. The molecule has 1 aromatic heterocycles. The zero-order valence-corrected chi connectivity index (χ0v) is 16.1. The number of piperidine rings is 1. The summed E-state index contributed by atoms with van der Waals surface area (Å²) in [7, 11) is 0. The number of thiazole rings is 1. The number of hydrogen-bond acceptors (Lipinski definition) is 6. The van der Waals surface area contributed by atoms with Crippen molar-refractivity contribution < 1.29 is 9.84 Å². The van der Waals surface area contributed by atoms with Gasteiger partial charge in [0.05, 0.1) is 16.8 Å². The third kappa shape index (κ3) is 4.58. The first kappa shape index (κ1) is 18.2. The molecule has 5 nitrogen and oxygen atoms in total. The van der Waals surface area contributed by atoms with Crippen LogP contribution in [0.5, 0.6) is 5.75 Å². The molecule has 1 saturated heterocycles. The van der Waals surface area contributed by atoms with E-state index in [9.17, 15) is 0 Å². The van der Waals surface area contributed by atoms with E-state index in [-0.39, 0.29) is 6.61 Å². The molecule has 0 aliphatic carbocycles. The number of rotatable bonds is 7. The molecule has 0 bridgehead atoms. The van der Waals surface area contributed by atoms with Gasteiger partial charge in [-0.2, -0.15) is 0 Å². The Morgan fingerprint density at radius 2 is 2.04 bits per heavy atom. The number of aliphatic hydroxyl groups excluding tert-OH is 1.